The Morgan fingerprint density at radius 2 is 1.65 bits per heavy atom. The van der Waals surface area contributed by atoms with Crippen LogP contribution >= 0.6 is 23.2 Å². The molecule has 6 nitrogen and oxygen atoms in total. The summed E-state index contributed by atoms with van der Waals surface area (Å²) in [5.41, 5.74) is 0.588. The first-order valence-corrected chi connectivity index (χ1v) is 10.9. The Kier molecular flexibility index (Phi) is 9.95. The van der Waals surface area contributed by atoms with Crippen LogP contribution in [0.25, 0.3) is 0 Å². The van der Waals surface area contributed by atoms with Crippen LogP contribution in [0.15, 0.2) is 42.5 Å². The van der Waals surface area contributed by atoms with Crippen LogP contribution in [-0.4, -0.2) is 43.0 Å². The Hall–Kier alpha value is -2.44. The molecule has 2 amide bonds. The molecule has 0 aliphatic carbocycles. The zero-order chi connectivity index (χ0) is 22.8. The molecule has 0 fully saturated rings. The number of amides is 2. The van der Waals surface area contributed by atoms with Crippen molar-refractivity contribution in [3.8, 4) is 11.5 Å². The van der Waals surface area contributed by atoms with E-state index < -0.39 is 6.04 Å². The van der Waals surface area contributed by atoms with Crippen LogP contribution in [0.5, 0.6) is 11.5 Å². The summed E-state index contributed by atoms with van der Waals surface area (Å²) < 4.78 is 10.8. The molecule has 2 aromatic carbocycles. The summed E-state index contributed by atoms with van der Waals surface area (Å²) in [5.74, 6) is 0.649. The van der Waals surface area contributed by atoms with E-state index in [1.165, 1.54) is 4.90 Å². The van der Waals surface area contributed by atoms with Crippen LogP contribution in [0, 0.1) is 0 Å². The lowest BCUT2D eigenvalue weighted by Crippen LogP contribution is -2.50. The first-order valence-electron chi connectivity index (χ1n) is 10.2. The molecule has 0 saturated heterocycles. The summed E-state index contributed by atoms with van der Waals surface area (Å²) in [6.45, 7) is 4.23. The molecule has 0 unspecified atom stereocenters. The van der Waals surface area contributed by atoms with Gasteiger partial charge in [0.1, 0.15) is 17.5 Å². The third kappa shape index (κ3) is 7.04. The lowest BCUT2D eigenvalue weighted by Gasteiger charge is -2.31. The molecule has 1 N–H and O–H groups in total. The number of carbonyl (C=O) groups is 2. The number of halogens is 2. The molecular weight excluding hydrogens is 439 g/mol. The van der Waals surface area contributed by atoms with Crippen LogP contribution in [0.3, 0.4) is 0 Å². The predicted octanol–water partition coefficient (Wildman–Crippen LogP) is 4.71. The van der Waals surface area contributed by atoms with E-state index in [-0.39, 0.29) is 25.0 Å². The number of hydrogen-bond donors (Lipinski definition) is 1. The van der Waals surface area contributed by atoms with Crippen molar-refractivity contribution in [1.82, 2.24) is 10.2 Å². The van der Waals surface area contributed by atoms with Crippen molar-refractivity contribution in [1.29, 1.82) is 0 Å². The van der Waals surface area contributed by atoms with Crippen LogP contribution in [-0.2, 0) is 16.1 Å². The number of carbonyl (C=O) groups excluding carboxylic acids is 2. The Morgan fingerprint density at radius 1 is 1.03 bits per heavy atom. The summed E-state index contributed by atoms with van der Waals surface area (Å²) in [7, 11) is 1.57. The monoisotopic (exact) mass is 466 g/mol. The molecule has 0 spiro atoms. The van der Waals surface area contributed by atoms with Gasteiger partial charge in [0, 0.05) is 28.7 Å². The normalized spacial score (nSPS) is 11.5. The predicted molar refractivity (Wildman–Crippen MR) is 123 cm³/mol. The molecule has 0 bridgehead atoms. The maximum Gasteiger partial charge on any atom is 0.261 e. The van der Waals surface area contributed by atoms with E-state index in [9.17, 15) is 9.59 Å². The van der Waals surface area contributed by atoms with Crippen molar-refractivity contribution in [3.05, 3.63) is 58.1 Å². The van der Waals surface area contributed by atoms with E-state index in [2.05, 4.69) is 5.32 Å². The number of methoxy groups -OCH3 is 1. The number of nitrogens with zero attached hydrogens (tertiary/aromatic N) is 1. The largest absolute Gasteiger partial charge is 0.497 e. The Bertz CT molecular complexity index is 854. The minimum atomic E-state index is -0.675. The first-order chi connectivity index (χ1) is 14.9. The SMILES string of the molecule is CCCNC(=O)[C@H](CC)N(Cc1c(Cl)cccc1Cl)C(=O)COc1ccc(OC)cc1. The summed E-state index contributed by atoms with van der Waals surface area (Å²) in [6, 6.07) is 11.4. The van der Waals surface area contributed by atoms with Gasteiger partial charge in [0.25, 0.3) is 5.91 Å². The van der Waals surface area contributed by atoms with Gasteiger partial charge in [-0.15, -0.1) is 0 Å². The van der Waals surface area contributed by atoms with Gasteiger partial charge >= 0.3 is 0 Å². The fraction of sp³-hybridized carbons (Fsp3) is 0.391. The third-order valence-corrected chi connectivity index (χ3v) is 5.46. The molecule has 0 saturated carbocycles. The van der Waals surface area contributed by atoms with Crippen molar-refractivity contribution < 1.29 is 19.1 Å². The van der Waals surface area contributed by atoms with E-state index in [1.54, 1.807) is 49.6 Å². The fourth-order valence-electron chi connectivity index (χ4n) is 3.04. The van der Waals surface area contributed by atoms with Gasteiger partial charge in [-0.05, 0) is 49.2 Å². The lowest BCUT2D eigenvalue weighted by molar-refractivity contribution is -0.143. The number of ether oxygens (including phenoxy) is 2. The van der Waals surface area contributed by atoms with Crippen LogP contribution in [0.2, 0.25) is 10.0 Å². The maximum absolute atomic E-state index is 13.2. The molecule has 2 aromatic rings. The van der Waals surface area contributed by atoms with Crippen LogP contribution in [0.4, 0.5) is 0 Å². The van der Waals surface area contributed by atoms with Gasteiger partial charge < -0.3 is 19.7 Å². The van der Waals surface area contributed by atoms with Crippen molar-refractivity contribution >= 4 is 35.0 Å². The Labute approximate surface area is 193 Å². The smallest absolute Gasteiger partial charge is 0.261 e. The second-order valence-corrected chi connectivity index (χ2v) is 7.72. The number of rotatable bonds is 11. The second kappa shape index (κ2) is 12.4. The molecule has 2 rings (SSSR count). The Balaban J connectivity index is 2.23. The summed E-state index contributed by atoms with van der Waals surface area (Å²) in [5, 5.41) is 3.74. The molecule has 1 atom stereocenters. The summed E-state index contributed by atoms with van der Waals surface area (Å²) >= 11 is 12.6. The van der Waals surface area contributed by atoms with Gasteiger partial charge in [0.15, 0.2) is 6.61 Å². The van der Waals surface area contributed by atoms with E-state index in [1.807, 2.05) is 13.8 Å². The standard InChI is InChI=1S/C23H28Cl2N2O4/c1-4-13-26-23(29)21(5-2)27(14-18-19(24)7-6-8-20(18)25)22(28)15-31-17-11-9-16(30-3)10-12-17/h6-12,21H,4-5,13-15H2,1-3H3,(H,26,29)/t21-/m0/s1. The fourth-order valence-corrected chi connectivity index (χ4v) is 3.56. The van der Waals surface area contributed by atoms with Gasteiger partial charge in [-0.25, -0.2) is 0 Å². The molecule has 8 heteroatoms. The molecule has 0 radical (unpaired) electrons. The minimum Gasteiger partial charge on any atom is -0.497 e. The highest BCUT2D eigenvalue weighted by molar-refractivity contribution is 6.36. The van der Waals surface area contributed by atoms with Gasteiger partial charge in [-0.2, -0.15) is 0 Å². The van der Waals surface area contributed by atoms with Gasteiger partial charge in [0.2, 0.25) is 5.91 Å². The average Bonchev–Trinajstić information content (AvgIpc) is 2.78. The molecule has 0 heterocycles. The van der Waals surface area contributed by atoms with Crippen LogP contribution < -0.4 is 14.8 Å². The van der Waals surface area contributed by atoms with Gasteiger partial charge in [-0.3, -0.25) is 9.59 Å². The minimum absolute atomic E-state index is 0.0986. The molecule has 168 valence electrons. The maximum atomic E-state index is 13.2. The first kappa shape index (κ1) is 24.8. The number of benzene rings is 2. The van der Waals surface area contributed by atoms with Crippen molar-refractivity contribution in [2.75, 3.05) is 20.3 Å². The topological polar surface area (TPSA) is 67.9 Å². The van der Waals surface area contributed by atoms with E-state index in [0.717, 1.165) is 6.42 Å². The highest BCUT2D eigenvalue weighted by Gasteiger charge is 2.29. The number of nitrogens with one attached hydrogen (secondary N) is 1. The zero-order valence-corrected chi connectivity index (χ0v) is 19.5. The van der Waals surface area contributed by atoms with Gasteiger partial charge in [0.05, 0.1) is 7.11 Å². The lowest BCUT2D eigenvalue weighted by atomic mass is 10.1. The quantitative estimate of drug-likeness (QED) is 0.520. The zero-order valence-electron chi connectivity index (χ0n) is 18.0. The van der Waals surface area contributed by atoms with E-state index in [0.29, 0.717) is 40.1 Å². The van der Waals surface area contributed by atoms with Crippen molar-refractivity contribution in [3.63, 3.8) is 0 Å². The molecule has 31 heavy (non-hydrogen) atoms. The van der Waals surface area contributed by atoms with Crippen molar-refractivity contribution in [2.45, 2.75) is 39.3 Å². The molecule has 0 aliphatic heterocycles. The summed E-state index contributed by atoms with van der Waals surface area (Å²) in [6.07, 6.45) is 1.24. The molecule has 0 aromatic heterocycles. The second-order valence-electron chi connectivity index (χ2n) is 6.90. The Morgan fingerprint density at radius 3 is 2.19 bits per heavy atom. The highest BCUT2D eigenvalue weighted by Crippen LogP contribution is 2.27. The molecular formula is C23H28Cl2N2O4. The third-order valence-electron chi connectivity index (χ3n) is 4.75. The average molecular weight is 467 g/mol. The van der Waals surface area contributed by atoms with E-state index in [4.69, 9.17) is 32.7 Å². The van der Waals surface area contributed by atoms with Crippen molar-refractivity contribution in [2.24, 2.45) is 0 Å². The summed E-state index contributed by atoms with van der Waals surface area (Å²) in [4.78, 5) is 27.4. The van der Waals surface area contributed by atoms with E-state index >= 15 is 0 Å². The van der Waals surface area contributed by atoms with Gasteiger partial charge in [-0.1, -0.05) is 43.1 Å². The van der Waals surface area contributed by atoms with Crippen LogP contribution in [0.1, 0.15) is 32.3 Å². The molecule has 0 aliphatic rings. The highest BCUT2D eigenvalue weighted by atomic mass is 35.5. The number of hydrogen-bond acceptors (Lipinski definition) is 4.